The van der Waals surface area contributed by atoms with Gasteiger partial charge < -0.3 is 10.6 Å². The number of aromatic nitrogens is 1. The second-order valence-electron chi connectivity index (χ2n) is 3.93. The summed E-state index contributed by atoms with van der Waals surface area (Å²) >= 11 is 11.8. The molecular weight excluding hydrogens is 285 g/mol. The fraction of sp³-hybridized carbons (Fsp3) is 0.0769. The van der Waals surface area contributed by atoms with Gasteiger partial charge in [-0.1, -0.05) is 23.2 Å². The van der Waals surface area contributed by atoms with Gasteiger partial charge in [0.05, 0.1) is 15.7 Å². The summed E-state index contributed by atoms with van der Waals surface area (Å²) in [6.07, 6.45) is 3.23. The molecule has 0 radical (unpaired) electrons. The lowest BCUT2D eigenvalue weighted by molar-refractivity contribution is 0.0993. The molecule has 1 heterocycles. The van der Waals surface area contributed by atoms with Crippen LogP contribution in [-0.2, 0) is 0 Å². The molecule has 2 N–H and O–H groups in total. The number of halogens is 2. The minimum Gasteiger partial charge on any atom is -0.397 e. The van der Waals surface area contributed by atoms with E-state index in [4.69, 9.17) is 28.9 Å². The second kappa shape index (κ2) is 5.47. The molecule has 0 aliphatic rings. The molecule has 1 aromatic carbocycles. The zero-order chi connectivity index (χ0) is 14.0. The normalized spacial score (nSPS) is 10.3. The first-order chi connectivity index (χ1) is 9.00. The smallest absolute Gasteiger partial charge is 0.258 e. The van der Waals surface area contributed by atoms with Crippen molar-refractivity contribution in [3.8, 4) is 0 Å². The molecule has 0 spiro atoms. The van der Waals surface area contributed by atoms with E-state index in [1.54, 1.807) is 31.6 Å². The average Bonchev–Trinajstić information content (AvgIpc) is 2.43. The first-order valence-electron chi connectivity index (χ1n) is 5.43. The molecule has 4 nitrogen and oxygen atoms in total. The van der Waals surface area contributed by atoms with Crippen LogP contribution in [0.3, 0.4) is 0 Å². The van der Waals surface area contributed by atoms with E-state index in [0.717, 1.165) is 5.69 Å². The molecular formula is C13H11Cl2N3O. The Morgan fingerprint density at radius 3 is 2.47 bits per heavy atom. The summed E-state index contributed by atoms with van der Waals surface area (Å²) in [6, 6.07) is 6.48. The van der Waals surface area contributed by atoms with E-state index in [1.165, 1.54) is 17.0 Å². The van der Waals surface area contributed by atoms with E-state index in [1.807, 2.05) is 0 Å². The van der Waals surface area contributed by atoms with Crippen LogP contribution in [-0.4, -0.2) is 17.9 Å². The molecule has 0 saturated carbocycles. The molecule has 0 fully saturated rings. The van der Waals surface area contributed by atoms with Gasteiger partial charge in [0.2, 0.25) is 0 Å². The number of benzene rings is 1. The third kappa shape index (κ3) is 2.80. The van der Waals surface area contributed by atoms with Crippen molar-refractivity contribution in [1.82, 2.24) is 4.98 Å². The largest absolute Gasteiger partial charge is 0.397 e. The van der Waals surface area contributed by atoms with Crippen LogP contribution in [0.4, 0.5) is 11.4 Å². The zero-order valence-corrected chi connectivity index (χ0v) is 11.6. The molecule has 2 rings (SSSR count). The number of hydrogen-bond donors (Lipinski definition) is 1. The molecule has 19 heavy (non-hydrogen) atoms. The topological polar surface area (TPSA) is 59.2 Å². The van der Waals surface area contributed by atoms with Gasteiger partial charge in [0.25, 0.3) is 5.91 Å². The Hall–Kier alpha value is -1.78. The summed E-state index contributed by atoms with van der Waals surface area (Å²) < 4.78 is 0. The van der Waals surface area contributed by atoms with Crippen LogP contribution in [0.5, 0.6) is 0 Å². The van der Waals surface area contributed by atoms with Crippen molar-refractivity contribution in [2.24, 2.45) is 0 Å². The maximum atomic E-state index is 12.3. The Bertz CT molecular complexity index is 594. The lowest BCUT2D eigenvalue weighted by Crippen LogP contribution is -2.26. The third-order valence-corrected chi connectivity index (χ3v) is 3.47. The lowest BCUT2D eigenvalue weighted by Gasteiger charge is -2.17. The fourth-order valence-electron chi connectivity index (χ4n) is 1.61. The van der Waals surface area contributed by atoms with E-state index in [9.17, 15) is 4.79 Å². The highest BCUT2D eigenvalue weighted by Crippen LogP contribution is 2.30. The van der Waals surface area contributed by atoms with Gasteiger partial charge in [-0.3, -0.25) is 9.78 Å². The molecule has 2 aromatic rings. The lowest BCUT2D eigenvalue weighted by atomic mass is 10.1. The predicted molar refractivity (Wildman–Crippen MR) is 77.8 cm³/mol. The highest BCUT2D eigenvalue weighted by molar-refractivity contribution is 6.44. The first-order valence-corrected chi connectivity index (χ1v) is 6.19. The van der Waals surface area contributed by atoms with Crippen molar-refractivity contribution in [2.45, 2.75) is 0 Å². The Kier molecular flexibility index (Phi) is 3.93. The summed E-state index contributed by atoms with van der Waals surface area (Å²) in [5.74, 6) is -0.225. The van der Waals surface area contributed by atoms with Crippen molar-refractivity contribution in [1.29, 1.82) is 0 Å². The molecule has 0 atom stereocenters. The number of anilines is 2. The van der Waals surface area contributed by atoms with Crippen molar-refractivity contribution in [3.63, 3.8) is 0 Å². The predicted octanol–water partition coefficient (Wildman–Crippen LogP) is 3.25. The number of carbonyl (C=O) groups excluding carboxylic acids is 1. The van der Waals surface area contributed by atoms with Crippen molar-refractivity contribution < 1.29 is 4.79 Å². The Morgan fingerprint density at radius 2 is 1.89 bits per heavy atom. The summed E-state index contributed by atoms with van der Waals surface area (Å²) in [7, 11) is 1.66. The standard InChI is InChI=1S/C13H11Cl2N3O/c1-18(9-2-4-17-5-3-9)13(19)8-6-10(14)12(15)11(16)7-8/h2-7H,16H2,1H3. The summed E-state index contributed by atoms with van der Waals surface area (Å²) in [6.45, 7) is 0. The van der Waals surface area contributed by atoms with E-state index < -0.39 is 0 Å². The number of rotatable bonds is 2. The maximum absolute atomic E-state index is 12.3. The fourth-order valence-corrected chi connectivity index (χ4v) is 1.95. The zero-order valence-electron chi connectivity index (χ0n) is 10.1. The van der Waals surface area contributed by atoms with E-state index >= 15 is 0 Å². The number of carbonyl (C=O) groups is 1. The first kappa shape index (κ1) is 13.6. The minimum absolute atomic E-state index is 0.225. The molecule has 1 aromatic heterocycles. The van der Waals surface area contributed by atoms with Crippen LogP contribution in [0.15, 0.2) is 36.7 Å². The van der Waals surface area contributed by atoms with Gasteiger partial charge >= 0.3 is 0 Å². The molecule has 0 aliphatic heterocycles. The van der Waals surface area contributed by atoms with Gasteiger partial charge in [0, 0.05) is 30.7 Å². The number of nitrogens with two attached hydrogens (primary N) is 1. The van der Waals surface area contributed by atoms with Crippen molar-refractivity contribution >= 4 is 40.5 Å². The Morgan fingerprint density at radius 1 is 1.26 bits per heavy atom. The molecule has 0 aliphatic carbocycles. The van der Waals surface area contributed by atoms with Crippen LogP contribution in [0, 0.1) is 0 Å². The SMILES string of the molecule is CN(C(=O)c1cc(N)c(Cl)c(Cl)c1)c1ccncc1. The van der Waals surface area contributed by atoms with E-state index in [0.29, 0.717) is 5.56 Å². The van der Waals surface area contributed by atoms with Crippen molar-refractivity contribution in [2.75, 3.05) is 17.7 Å². The van der Waals surface area contributed by atoms with Crippen LogP contribution in [0.25, 0.3) is 0 Å². The van der Waals surface area contributed by atoms with Gasteiger partial charge in [0.15, 0.2) is 0 Å². The van der Waals surface area contributed by atoms with Crippen LogP contribution >= 0.6 is 23.2 Å². The van der Waals surface area contributed by atoms with Gasteiger partial charge in [0.1, 0.15) is 0 Å². The summed E-state index contributed by atoms with van der Waals surface area (Å²) in [4.78, 5) is 17.7. The minimum atomic E-state index is -0.225. The van der Waals surface area contributed by atoms with Crippen LogP contribution < -0.4 is 10.6 Å². The summed E-state index contributed by atoms with van der Waals surface area (Å²) in [5.41, 5.74) is 7.09. The monoisotopic (exact) mass is 295 g/mol. The van der Waals surface area contributed by atoms with E-state index in [2.05, 4.69) is 4.98 Å². The number of nitrogens with zero attached hydrogens (tertiary/aromatic N) is 2. The number of amides is 1. The molecule has 0 saturated heterocycles. The van der Waals surface area contributed by atoms with Crippen LogP contribution in [0.1, 0.15) is 10.4 Å². The quantitative estimate of drug-likeness (QED) is 0.865. The maximum Gasteiger partial charge on any atom is 0.258 e. The Balaban J connectivity index is 2.35. The van der Waals surface area contributed by atoms with Crippen molar-refractivity contribution in [3.05, 3.63) is 52.3 Å². The number of nitrogen functional groups attached to an aromatic ring is 1. The average molecular weight is 296 g/mol. The van der Waals surface area contributed by atoms with Gasteiger partial charge in [-0.05, 0) is 24.3 Å². The second-order valence-corrected chi connectivity index (χ2v) is 4.72. The molecule has 0 bridgehead atoms. The number of pyridine rings is 1. The molecule has 6 heteroatoms. The molecule has 0 unspecified atom stereocenters. The highest BCUT2D eigenvalue weighted by atomic mass is 35.5. The van der Waals surface area contributed by atoms with Crippen LogP contribution in [0.2, 0.25) is 10.0 Å². The Labute approximate surface area is 120 Å². The molecule has 98 valence electrons. The third-order valence-electron chi connectivity index (χ3n) is 2.66. The van der Waals surface area contributed by atoms with Gasteiger partial charge in [-0.15, -0.1) is 0 Å². The van der Waals surface area contributed by atoms with Gasteiger partial charge in [-0.25, -0.2) is 0 Å². The van der Waals surface area contributed by atoms with E-state index in [-0.39, 0.29) is 21.6 Å². The van der Waals surface area contributed by atoms with Gasteiger partial charge in [-0.2, -0.15) is 0 Å². The summed E-state index contributed by atoms with van der Waals surface area (Å²) in [5, 5.41) is 0.512. The molecule has 1 amide bonds. The number of hydrogen-bond acceptors (Lipinski definition) is 3. The highest BCUT2D eigenvalue weighted by Gasteiger charge is 2.16.